The van der Waals surface area contributed by atoms with Crippen LogP contribution in [0.3, 0.4) is 0 Å². The van der Waals surface area contributed by atoms with Gasteiger partial charge in [0.15, 0.2) is 0 Å². The van der Waals surface area contributed by atoms with Crippen LogP contribution in [0.25, 0.3) is 0 Å². The number of hydrogen-bond donors (Lipinski definition) is 1. The summed E-state index contributed by atoms with van der Waals surface area (Å²) in [5, 5.41) is 3.16. The van der Waals surface area contributed by atoms with Gasteiger partial charge in [0.25, 0.3) is 0 Å². The number of sulfonamides is 1. The van der Waals surface area contributed by atoms with Gasteiger partial charge in [-0.2, -0.15) is 4.31 Å². The minimum absolute atomic E-state index is 0.243. The standard InChI is InChI=1S/C12H26N2O2S/c1-3-5-10-14(12-6-7-12)17(15,16)11-9-13-8-4-2/h12-13H,3-11H2,1-2H3. The number of rotatable bonds is 10. The van der Waals surface area contributed by atoms with Crippen LogP contribution in [0.15, 0.2) is 0 Å². The third-order valence-electron chi connectivity index (χ3n) is 3.01. The van der Waals surface area contributed by atoms with Gasteiger partial charge in [-0.15, -0.1) is 0 Å². The molecule has 0 heterocycles. The van der Waals surface area contributed by atoms with Crippen molar-refractivity contribution in [3.8, 4) is 0 Å². The fraction of sp³-hybridized carbons (Fsp3) is 1.00. The van der Waals surface area contributed by atoms with Crippen LogP contribution in [0.4, 0.5) is 0 Å². The first-order chi connectivity index (χ1) is 8.11. The lowest BCUT2D eigenvalue weighted by Crippen LogP contribution is -2.38. The average molecular weight is 262 g/mol. The van der Waals surface area contributed by atoms with Crippen LogP contribution in [-0.2, 0) is 10.0 Å². The first kappa shape index (κ1) is 14.9. The maximum absolute atomic E-state index is 12.2. The fourth-order valence-electron chi connectivity index (χ4n) is 1.85. The van der Waals surface area contributed by atoms with Gasteiger partial charge in [-0.1, -0.05) is 20.3 Å². The van der Waals surface area contributed by atoms with E-state index in [1.54, 1.807) is 4.31 Å². The summed E-state index contributed by atoms with van der Waals surface area (Å²) in [5.74, 6) is 0.243. The average Bonchev–Trinajstić information content (AvgIpc) is 3.09. The van der Waals surface area contributed by atoms with E-state index in [0.717, 1.165) is 38.6 Å². The van der Waals surface area contributed by atoms with Crippen LogP contribution in [0.1, 0.15) is 46.0 Å². The Bertz CT molecular complexity index is 300. The van der Waals surface area contributed by atoms with Crippen molar-refractivity contribution in [3.05, 3.63) is 0 Å². The Balaban J connectivity index is 2.40. The van der Waals surface area contributed by atoms with Gasteiger partial charge >= 0.3 is 0 Å². The summed E-state index contributed by atoms with van der Waals surface area (Å²) in [4.78, 5) is 0. The van der Waals surface area contributed by atoms with Crippen molar-refractivity contribution < 1.29 is 8.42 Å². The molecular weight excluding hydrogens is 236 g/mol. The maximum atomic E-state index is 12.2. The molecule has 17 heavy (non-hydrogen) atoms. The molecule has 4 nitrogen and oxygen atoms in total. The molecule has 1 fully saturated rings. The Morgan fingerprint density at radius 2 is 1.88 bits per heavy atom. The van der Waals surface area contributed by atoms with Crippen LogP contribution < -0.4 is 5.32 Å². The number of unbranched alkanes of at least 4 members (excludes halogenated alkanes) is 1. The quantitative estimate of drug-likeness (QED) is 0.608. The number of nitrogens with zero attached hydrogens (tertiary/aromatic N) is 1. The Labute approximate surface area is 106 Å². The fourth-order valence-corrected chi connectivity index (χ4v) is 3.55. The molecule has 0 atom stereocenters. The molecule has 0 aromatic heterocycles. The molecule has 0 aromatic rings. The first-order valence-electron chi connectivity index (χ1n) is 6.82. The van der Waals surface area contributed by atoms with Crippen molar-refractivity contribution in [1.82, 2.24) is 9.62 Å². The number of hydrogen-bond acceptors (Lipinski definition) is 3. The summed E-state index contributed by atoms with van der Waals surface area (Å²) in [6, 6.07) is 0.303. The van der Waals surface area contributed by atoms with Crippen molar-refractivity contribution in [1.29, 1.82) is 0 Å². The molecule has 102 valence electrons. The highest BCUT2D eigenvalue weighted by Gasteiger charge is 2.36. The molecule has 5 heteroatoms. The lowest BCUT2D eigenvalue weighted by Gasteiger charge is -2.21. The van der Waals surface area contributed by atoms with Crippen LogP contribution in [0, 0.1) is 0 Å². The van der Waals surface area contributed by atoms with Gasteiger partial charge in [0.2, 0.25) is 10.0 Å². The summed E-state index contributed by atoms with van der Waals surface area (Å²) in [5.41, 5.74) is 0. The zero-order valence-corrected chi connectivity index (χ0v) is 11.9. The summed E-state index contributed by atoms with van der Waals surface area (Å²) < 4.78 is 26.1. The zero-order chi connectivity index (χ0) is 12.7. The van der Waals surface area contributed by atoms with E-state index >= 15 is 0 Å². The second-order valence-electron chi connectivity index (χ2n) is 4.76. The van der Waals surface area contributed by atoms with E-state index in [0.29, 0.717) is 19.1 Å². The monoisotopic (exact) mass is 262 g/mol. The molecule has 0 unspecified atom stereocenters. The molecule has 0 radical (unpaired) electrons. The predicted molar refractivity (Wildman–Crippen MR) is 71.6 cm³/mol. The van der Waals surface area contributed by atoms with Crippen molar-refractivity contribution in [2.45, 2.75) is 52.0 Å². The van der Waals surface area contributed by atoms with Crippen molar-refractivity contribution in [3.63, 3.8) is 0 Å². The van der Waals surface area contributed by atoms with E-state index < -0.39 is 10.0 Å². The van der Waals surface area contributed by atoms with Crippen LogP contribution in [-0.4, -0.2) is 44.2 Å². The highest BCUT2D eigenvalue weighted by molar-refractivity contribution is 7.89. The molecule has 0 saturated heterocycles. The van der Waals surface area contributed by atoms with Crippen LogP contribution in [0.5, 0.6) is 0 Å². The minimum atomic E-state index is -3.04. The lowest BCUT2D eigenvalue weighted by atomic mass is 10.3. The smallest absolute Gasteiger partial charge is 0.215 e. The SMILES string of the molecule is CCCCN(C1CC1)S(=O)(=O)CCNCCC. The maximum Gasteiger partial charge on any atom is 0.215 e. The van der Waals surface area contributed by atoms with E-state index in [9.17, 15) is 8.42 Å². The first-order valence-corrected chi connectivity index (χ1v) is 8.43. The second kappa shape index (κ2) is 7.34. The van der Waals surface area contributed by atoms with E-state index in [2.05, 4.69) is 19.2 Å². The normalized spacial score (nSPS) is 16.6. The van der Waals surface area contributed by atoms with Crippen LogP contribution in [0.2, 0.25) is 0 Å². The molecule has 0 bridgehead atoms. The number of nitrogens with one attached hydrogen (secondary N) is 1. The van der Waals surface area contributed by atoms with E-state index in [-0.39, 0.29) is 5.75 Å². The van der Waals surface area contributed by atoms with Crippen molar-refractivity contribution in [2.24, 2.45) is 0 Å². The molecule has 0 aliphatic heterocycles. The molecule has 1 N–H and O–H groups in total. The molecule has 0 amide bonds. The Morgan fingerprint density at radius 3 is 2.41 bits per heavy atom. The third kappa shape index (κ3) is 5.36. The van der Waals surface area contributed by atoms with Gasteiger partial charge < -0.3 is 5.32 Å². The van der Waals surface area contributed by atoms with E-state index in [1.807, 2.05) is 0 Å². The Kier molecular flexibility index (Phi) is 6.44. The molecule has 0 spiro atoms. The highest BCUT2D eigenvalue weighted by atomic mass is 32.2. The third-order valence-corrected chi connectivity index (χ3v) is 4.92. The van der Waals surface area contributed by atoms with E-state index in [4.69, 9.17) is 0 Å². The predicted octanol–water partition coefficient (Wildman–Crippen LogP) is 1.58. The Hall–Kier alpha value is -0.130. The van der Waals surface area contributed by atoms with Crippen molar-refractivity contribution in [2.75, 3.05) is 25.4 Å². The van der Waals surface area contributed by atoms with Gasteiger partial charge in [0.05, 0.1) is 5.75 Å². The van der Waals surface area contributed by atoms with Gasteiger partial charge in [0, 0.05) is 19.1 Å². The van der Waals surface area contributed by atoms with Crippen LogP contribution >= 0.6 is 0 Å². The van der Waals surface area contributed by atoms with Gasteiger partial charge in [-0.3, -0.25) is 0 Å². The largest absolute Gasteiger partial charge is 0.316 e. The Morgan fingerprint density at radius 1 is 1.18 bits per heavy atom. The summed E-state index contributed by atoms with van der Waals surface area (Å²) in [6.07, 6.45) is 5.16. The summed E-state index contributed by atoms with van der Waals surface area (Å²) in [7, 11) is -3.04. The van der Waals surface area contributed by atoms with E-state index in [1.165, 1.54) is 0 Å². The molecule has 1 saturated carbocycles. The molecule has 1 aliphatic carbocycles. The zero-order valence-electron chi connectivity index (χ0n) is 11.1. The lowest BCUT2D eigenvalue weighted by molar-refractivity contribution is 0.395. The topological polar surface area (TPSA) is 49.4 Å². The molecular formula is C12H26N2O2S. The van der Waals surface area contributed by atoms with Gasteiger partial charge in [0.1, 0.15) is 0 Å². The minimum Gasteiger partial charge on any atom is -0.316 e. The molecule has 0 aromatic carbocycles. The van der Waals surface area contributed by atoms with Crippen molar-refractivity contribution >= 4 is 10.0 Å². The second-order valence-corrected chi connectivity index (χ2v) is 6.80. The molecule has 1 rings (SSSR count). The molecule has 1 aliphatic rings. The van der Waals surface area contributed by atoms with Gasteiger partial charge in [-0.25, -0.2) is 8.42 Å². The summed E-state index contributed by atoms with van der Waals surface area (Å²) >= 11 is 0. The summed E-state index contributed by atoms with van der Waals surface area (Å²) in [6.45, 7) is 6.36. The van der Waals surface area contributed by atoms with Gasteiger partial charge in [-0.05, 0) is 32.2 Å². The highest BCUT2D eigenvalue weighted by Crippen LogP contribution is 2.29.